The van der Waals surface area contributed by atoms with Crippen molar-refractivity contribution in [3.05, 3.63) is 54.4 Å². The number of nitrogens with zero attached hydrogens (tertiary/aromatic N) is 3. The van der Waals surface area contributed by atoms with Gasteiger partial charge in [-0.1, -0.05) is 12.1 Å². The summed E-state index contributed by atoms with van der Waals surface area (Å²) in [5, 5.41) is 18.4. The minimum atomic E-state index is -0.0686. The molecule has 0 unspecified atom stereocenters. The third kappa shape index (κ3) is 3.50. The Balaban J connectivity index is 1.46. The summed E-state index contributed by atoms with van der Waals surface area (Å²) in [6.45, 7) is 1.38. The first kappa shape index (κ1) is 17.6. The van der Waals surface area contributed by atoms with E-state index in [4.69, 9.17) is 4.74 Å². The lowest BCUT2D eigenvalue weighted by Gasteiger charge is -2.23. The topological polar surface area (TPSA) is 109 Å². The van der Waals surface area contributed by atoms with E-state index >= 15 is 0 Å². The number of aromatic nitrogens is 5. The standard InChI is InChI=1S/C21H20N6O2/c28-21(24-16-6-8-29-9-7-16)15-3-1-2-13(10-15)19-17-11-14(20-22-12-23-27-20)4-5-18(17)25-26-19/h1-5,10-12,16H,6-9H2,(H,24,28)(H,25,26)(H,22,23,27). The van der Waals surface area contributed by atoms with Crippen LogP contribution < -0.4 is 5.32 Å². The molecule has 29 heavy (non-hydrogen) atoms. The summed E-state index contributed by atoms with van der Waals surface area (Å²) in [6.07, 6.45) is 3.18. The van der Waals surface area contributed by atoms with Gasteiger partial charge in [-0.25, -0.2) is 4.98 Å². The Kier molecular flexibility index (Phi) is 4.53. The zero-order chi connectivity index (χ0) is 19.6. The first-order chi connectivity index (χ1) is 14.3. The van der Waals surface area contributed by atoms with E-state index in [2.05, 4.69) is 30.7 Å². The van der Waals surface area contributed by atoms with Gasteiger partial charge in [0.1, 0.15) is 6.33 Å². The molecule has 1 aliphatic rings. The molecule has 2 aromatic heterocycles. The Bertz CT molecular complexity index is 1150. The first-order valence-corrected chi connectivity index (χ1v) is 9.61. The van der Waals surface area contributed by atoms with Crippen molar-refractivity contribution >= 4 is 16.8 Å². The highest BCUT2D eigenvalue weighted by Gasteiger charge is 2.18. The van der Waals surface area contributed by atoms with E-state index in [-0.39, 0.29) is 11.9 Å². The summed E-state index contributed by atoms with van der Waals surface area (Å²) >= 11 is 0. The normalized spacial score (nSPS) is 14.9. The predicted octanol–water partition coefficient (Wildman–Crippen LogP) is 2.92. The van der Waals surface area contributed by atoms with E-state index in [1.807, 2.05) is 42.5 Å². The number of amides is 1. The quantitative estimate of drug-likeness (QED) is 0.498. The fourth-order valence-electron chi connectivity index (χ4n) is 3.64. The van der Waals surface area contributed by atoms with E-state index < -0.39 is 0 Å². The SMILES string of the molecule is O=C(NC1CCOCC1)c1cccc(-c2n[nH]c3ccc(-c4ncn[nH]4)cc23)c1. The second-order valence-corrected chi connectivity index (χ2v) is 7.11. The van der Waals surface area contributed by atoms with Crippen LogP contribution in [0.1, 0.15) is 23.2 Å². The van der Waals surface area contributed by atoms with Crippen LogP contribution in [0.4, 0.5) is 0 Å². The lowest BCUT2D eigenvalue weighted by atomic mass is 10.0. The Morgan fingerprint density at radius 3 is 2.79 bits per heavy atom. The van der Waals surface area contributed by atoms with E-state index in [1.165, 1.54) is 6.33 Å². The number of nitrogens with one attached hydrogen (secondary N) is 3. The van der Waals surface area contributed by atoms with Crippen molar-refractivity contribution in [2.75, 3.05) is 13.2 Å². The predicted molar refractivity (Wildman–Crippen MR) is 108 cm³/mol. The minimum Gasteiger partial charge on any atom is -0.381 e. The van der Waals surface area contributed by atoms with Crippen LogP contribution in [-0.4, -0.2) is 50.5 Å². The van der Waals surface area contributed by atoms with E-state index in [0.29, 0.717) is 24.6 Å². The van der Waals surface area contributed by atoms with E-state index in [0.717, 1.165) is 40.6 Å². The molecule has 146 valence electrons. The lowest BCUT2D eigenvalue weighted by Crippen LogP contribution is -2.38. The number of carbonyl (C=O) groups is 1. The summed E-state index contributed by atoms with van der Waals surface area (Å²) in [5.74, 6) is 0.629. The maximum atomic E-state index is 12.7. The lowest BCUT2D eigenvalue weighted by molar-refractivity contribution is 0.0696. The minimum absolute atomic E-state index is 0.0686. The van der Waals surface area contributed by atoms with Crippen LogP contribution in [0.15, 0.2) is 48.8 Å². The van der Waals surface area contributed by atoms with Crippen LogP contribution >= 0.6 is 0 Å². The van der Waals surface area contributed by atoms with Gasteiger partial charge in [0.15, 0.2) is 5.82 Å². The maximum absolute atomic E-state index is 12.7. The molecule has 5 rings (SSSR count). The van der Waals surface area contributed by atoms with Gasteiger partial charge in [-0.3, -0.25) is 15.0 Å². The number of ether oxygens (including phenoxy) is 1. The zero-order valence-corrected chi connectivity index (χ0v) is 15.7. The van der Waals surface area contributed by atoms with Gasteiger partial charge in [0.2, 0.25) is 0 Å². The number of aromatic amines is 2. The summed E-state index contributed by atoms with van der Waals surface area (Å²) in [4.78, 5) is 16.9. The van der Waals surface area contributed by atoms with Crippen molar-refractivity contribution in [1.29, 1.82) is 0 Å². The zero-order valence-electron chi connectivity index (χ0n) is 15.7. The number of H-pyrrole nitrogens is 2. The molecule has 1 aliphatic heterocycles. The molecular formula is C21H20N6O2. The van der Waals surface area contributed by atoms with Crippen molar-refractivity contribution in [3.63, 3.8) is 0 Å². The second kappa shape index (κ2) is 7.48. The molecular weight excluding hydrogens is 368 g/mol. The highest BCUT2D eigenvalue weighted by molar-refractivity contribution is 5.99. The van der Waals surface area contributed by atoms with Crippen LogP contribution in [0.3, 0.4) is 0 Å². The molecule has 8 nitrogen and oxygen atoms in total. The molecule has 1 fully saturated rings. The van der Waals surface area contributed by atoms with Crippen molar-refractivity contribution in [2.24, 2.45) is 0 Å². The van der Waals surface area contributed by atoms with Crippen LogP contribution in [0, 0.1) is 0 Å². The van der Waals surface area contributed by atoms with Gasteiger partial charge in [0, 0.05) is 41.3 Å². The van der Waals surface area contributed by atoms with Crippen molar-refractivity contribution in [1.82, 2.24) is 30.7 Å². The Hall–Kier alpha value is -3.52. The molecule has 0 bridgehead atoms. The van der Waals surface area contributed by atoms with E-state index in [9.17, 15) is 4.79 Å². The van der Waals surface area contributed by atoms with Gasteiger partial charge in [-0.2, -0.15) is 10.2 Å². The molecule has 0 aliphatic carbocycles. The number of hydrogen-bond donors (Lipinski definition) is 3. The maximum Gasteiger partial charge on any atom is 0.251 e. The Morgan fingerprint density at radius 2 is 1.97 bits per heavy atom. The van der Waals surface area contributed by atoms with Crippen molar-refractivity contribution in [2.45, 2.75) is 18.9 Å². The van der Waals surface area contributed by atoms with Crippen LogP contribution in [-0.2, 0) is 4.74 Å². The van der Waals surface area contributed by atoms with Gasteiger partial charge < -0.3 is 10.1 Å². The number of hydrogen-bond acceptors (Lipinski definition) is 5. The fourth-order valence-corrected chi connectivity index (χ4v) is 3.64. The van der Waals surface area contributed by atoms with E-state index in [1.54, 1.807) is 0 Å². The summed E-state index contributed by atoms with van der Waals surface area (Å²) in [5.41, 5.74) is 4.13. The molecule has 0 atom stereocenters. The third-order valence-electron chi connectivity index (χ3n) is 5.21. The molecule has 1 saturated heterocycles. The van der Waals surface area contributed by atoms with Crippen LogP contribution in [0.5, 0.6) is 0 Å². The highest BCUT2D eigenvalue weighted by atomic mass is 16.5. The van der Waals surface area contributed by atoms with Crippen molar-refractivity contribution < 1.29 is 9.53 Å². The molecule has 4 aromatic rings. The second-order valence-electron chi connectivity index (χ2n) is 7.11. The largest absolute Gasteiger partial charge is 0.381 e. The molecule has 8 heteroatoms. The Morgan fingerprint density at radius 1 is 1.07 bits per heavy atom. The molecule has 0 saturated carbocycles. The molecule has 2 aromatic carbocycles. The molecule has 3 N–H and O–H groups in total. The third-order valence-corrected chi connectivity index (χ3v) is 5.21. The highest BCUT2D eigenvalue weighted by Crippen LogP contribution is 2.29. The number of carbonyl (C=O) groups excluding carboxylic acids is 1. The first-order valence-electron chi connectivity index (χ1n) is 9.61. The average molecular weight is 388 g/mol. The molecule has 0 radical (unpaired) electrons. The monoisotopic (exact) mass is 388 g/mol. The molecule has 3 heterocycles. The fraction of sp³-hybridized carbons (Fsp3) is 0.238. The summed E-state index contributed by atoms with van der Waals surface area (Å²) in [7, 11) is 0. The number of fused-ring (bicyclic) bond motifs is 1. The molecule has 0 spiro atoms. The Labute approximate surface area is 166 Å². The van der Waals surface area contributed by atoms with Crippen molar-refractivity contribution in [3.8, 4) is 22.6 Å². The summed E-state index contributed by atoms with van der Waals surface area (Å²) < 4.78 is 5.36. The van der Waals surface area contributed by atoms with Gasteiger partial charge in [-0.15, -0.1) is 0 Å². The van der Waals surface area contributed by atoms with Crippen LogP contribution in [0.25, 0.3) is 33.5 Å². The number of benzene rings is 2. The molecule has 1 amide bonds. The van der Waals surface area contributed by atoms with Crippen LogP contribution in [0.2, 0.25) is 0 Å². The smallest absolute Gasteiger partial charge is 0.251 e. The van der Waals surface area contributed by atoms with Gasteiger partial charge in [0.05, 0.1) is 11.2 Å². The van der Waals surface area contributed by atoms with Gasteiger partial charge in [0.25, 0.3) is 5.91 Å². The number of rotatable bonds is 4. The van der Waals surface area contributed by atoms with Gasteiger partial charge >= 0.3 is 0 Å². The average Bonchev–Trinajstić information content (AvgIpc) is 3.44. The summed E-state index contributed by atoms with van der Waals surface area (Å²) in [6, 6.07) is 13.7. The van der Waals surface area contributed by atoms with Gasteiger partial charge in [-0.05, 0) is 43.2 Å².